The van der Waals surface area contributed by atoms with Gasteiger partial charge in [0.15, 0.2) is 0 Å². The van der Waals surface area contributed by atoms with Crippen molar-refractivity contribution in [2.45, 2.75) is 0 Å². The molecule has 0 radical (unpaired) electrons. The van der Waals surface area contributed by atoms with E-state index in [0.29, 0.717) is 11.1 Å². The highest BCUT2D eigenvalue weighted by Gasteiger charge is 2.14. The monoisotopic (exact) mass is 428 g/mol. The summed E-state index contributed by atoms with van der Waals surface area (Å²) in [4.78, 5) is 27.4. The number of carbonyl (C=O) groups excluding carboxylic acids is 2. The number of phenolic OH excluding ortho intramolecular Hbond substituents is 1. The van der Waals surface area contributed by atoms with E-state index in [9.17, 15) is 14.7 Å². The van der Waals surface area contributed by atoms with Gasteiger partial charge >= 0.3 is 0 Å². The fraction of sp³-hybridized carbons (Fsp3) is 0.0800. The van der Waals surface area contributed by atoms with E-state index in [0.717, 1.165) is 11.3 Å². The highest BCUT2D eigenvalue weighted by Crippen LogP contribution is 2.15. The minimum atomic E-state index is -0.599. The van der Waals surface area contributed by atoms with E-state index < -0.39 is 11.8 Å². The van der Waals surface area contributed by atoms with Crippen LogP contribution in [0.4, 0.5) is 5.69 Å². The minimum Gasteiger partial charge on any atom is -0.507 e. The lowest BCUT2D eigenvalue weighted by atomic mass is 10.1. The molecule has 0 saturated carbocycles. The van der Waals surface area contributed by atoms with Gasteiger partial charge in [-0.2, -0.15) is 5.10 Å². The van der Waals surface area contributed by atoms with Crippen molar-refractivity contribution in [3.63, 3.8) is 0 Å². The van der Waals surface area contributed by atoms with Crippen LogP contribution in [0.5, 0.6) is 5.75 Å². The third kappa shape index (κ3) is 6.06. The summed E-state index contributed by atoms with van der Waals surface area (Å²) in [5.74, 6) is -0.973. The number of nitrogens with zero attached hydrogens (tertiary/aromatic N) is 2. The fourth-order valence-corrected chi connectivity index (χ4v) is 2.80. The number of para-hydroxylation sites is 1. The Bertz CT molecular complexity index is 1140. The Labute approximate surface area is 186 Å². The molecule has 0 unspecified atom stereocenters. The molecule has 32 heavy (non-hydrogen) atoms. The Morgan fingerprint density at radius 2 is 1.56 bits per heavy atom. The zero-order valence-electron chi connectivity index (χ0n) is 17.8. The first-order valence-corrected chi connectivity index (χ1v) is 9.91. The first-order chi connectivity index (χ1) is 15.4. The van der Waals surface area contributed by atoms with Gasteiger partial charge in [0.25, 0.3) is 11.8 Å². The molecule has 0 heterocycles. The van der Waals surface area contributed by atoms with E-state index >= 15 is 0 Å². The molecular weight excluding hydrogens is 404 g/mol. The predicted octanol–water partition coefficient (Wildman–Crippen LogP) is 3.38. The predicted molar refractivity (Wildman–Crippen MR) is 126 cm³/mol. The normalized spacial score (nSPS) is 11.2. The van der Waals surface area contributed by atoms with Crippen molar-refractivity contribution in [2.24, 2.45) is 5.10 Å². The van der Waals surface area contributed by atoms with Gasteiger partial charge in [-0.1, -0.05) is 42.5 Å². The second-order valence-corrected chi connectivity index (χ2v) is 7.12. The molecule has 3 N–H and O–H groups in total. The quantitative estimate of drug-likeness (QED) is 0.306. The number of rotatable bonds is 7. The first-order valence-electron chi connectivity index (χ1n) is 9.91. The zero-order chi connectivity index (χ0) is 22.9. The number of nitrogens with one attached hydrogen (secondary N) is 2. The molecule has 0 aromatic heterocycles. The van der Waals surface area contributed by atoms with Gasteiger partial charge in [-0.3, -0.25) is 9.59 Å². The molecule has 3 aromatic carbocycles. The van der Waals surface area contributed by atoms with Crippen molar-refractivity contribution in [2.75, 3.05) is 19.0 Å². The molecule has 0 atom stereocenters. The number of carbonyl (C=O) groups is 2. The van der Waals surface area contributed by atoms with Crippen LogP contribution < -0.4 is 15.6 Å². The van der Waals surface area contributed by atoms with Crippen LogP contribution in [0.1, 0.15) is 21.5 Å². The van der Waals surface area contributed by atoms with E-state index in [1.54, 1.807) is 54.6 Å². The topological polar surface area (TPSA) is 94.0 Å². The van der Waals surface area contributed by atoms with Crippen molar-refractivity contribution < 1.29 is 14.7 Å². The van der Waals surface area contributed by atoms with Gasteiger partial charge in [-0.05, 0) is 48.0 Å². The number of hydrazone groups is 1. The molecule has 0 aliphatic carbocycles. The number of hydrogen-bond acceptors (Lipinski definition) is 5. The van der Waals surface area contributed by atoms with Crippen LogP contribution in [0, 0.1) is 0 Å². The number of phenols is 1. The Kier molecular flexibility index (Phi) is 7.37. The average Bonchev–Trinajstić information content (AvgIpc) is 2.80. The second kappa shape index (κ2) is 10.6. The third-order valence-electron chi connectivity index (χ3n) is 4.56. The van der Waals surface area contributed by atoms with E-state index in [2.05, 4.69) is 15.8 Å². The van der Waals surface area contributed by atoms with Crippen molar-refractivity contribution in [3.05, 3.63) is 101 Å². The largest absolute Gasteiger partial charge is 0.507 e. The molecule has 0 fully saturated rings. The van der Waals surface area contributed by atoms with Crippen molar-refractivity contribution in [3.8, 4) is 5.75 Å². The standard InChI is InChI=1S/C25H24N4O3/c1-29(2)21-14-12-18(13-15-21)16-22(27-24(31)19-8-4-3-5-9-19)25(32)28-26-17-20-10-6-7-11-23(20)30/h3-17,30H,1-2H3,(H,27,31)(H,28,32). The van der Waals surface area contributed by atoms with Gasteiger partial charge in [0, 0.05) is 30.9 Å². The van der Waals surface area contributed by atoms with Crippen molar-refractivity contribution in [1.29, 1.82) is 0 Å². The summed E-state index contributed by atoms with van der Waals surface area (Å²) >= 11 is 0. The summed E-state index contributed by atoms with van der Waals surface area (Å²) < 4.78 is 0. The highest BCUT2D eigenvalue weighted by molar-refractivity contribution is 6.05. The molecule has 0 saturated heterocycles. The Hall–Kier alpha value is -4.39. The molecule has 7 nitrogen and oxygen atoms in total. The smallest absolute Gasteiger partial charge is 0.287 e. The zero-order valence-corrected chi connectivity index (χ0v) is 17.8. The fourth-order valence-electron chi connectivity index (χ4n) is 2.80. The molecule has 0 aliphatic rings. The Balaban J connectivity index is 1.82. The number of aromatic hydroxyl groups is 1. The van der Waals surface area contributed by atoms with Crippen LogP contribution in [0.15, 0.2) is 89.7 Å². The van der Waals surface area contributed by atoms with Crippen molar-refractivity contribution in [1.82, 2.24) is 10.7 Å². The molecule has 3 aromatic rings. The van der Waals surface area contributed by atoms with Crippen LogP contribution in [0.25, 0.3) is 6.08 Å². The lowest BCUT2D eigenvalue weighted by molar-refractivity contribution is -0.117. The molecule has 162 valence electrons. The van der Waals surface area contributed by atoms with Gasteiger partial charge in [-0.15, -0.1) is 0 Å². The van der Waals surface area contributed by atoms with Gasteiger partial charge in [0.05, 0.1) is 6.21 Å². The number of benzene rings is 3. The van der Waals surface area contributed by atoms with Gasteiger partial charge < -0.3 is 15.3 Å². The van der Waals surface area contributed by atoms with Crippen LogP contribution in [-0.2, 0) is 4.79 Å². The second-order valence-electron chi connectivity index (χ2n) is 7.12. The summed E-state index contributed by atoms with van der Waals surface area (Å²) in [5, 5.41) is 16.4. The highest BCUT2D eigenvalue weighted by atomic mass is 16.3. The van der Waals surface area contributed by atoms with Crippen LogP contribution >= 0.6 is 0 Å². The summed E-state index contributed by atoms with van der Waals surface area (Å²) in [6, 6.07) is 22.7. The number of hydrogen-bond donors (Lipinski definition) is 3. The maximum Gasteiger partial charge on any atom is 0.287 e. The van der Waals surface area contributed by atoms with Crippen LogP contribution in [0.2, 0.25) is 0 Å². The molecule has 0 bridgehead atoms. The average molecular weight is 428 g/mol. The lowest BCUT2D eigenvalue weighted by Crippen LogP contribution is -2.32. The minimum absolute atomic E-state index is 0.0332. The summed E-state index contributed by atoms with van der Waals surface area (Å²) in [6.07, 6.45) is 2.90. The van der Waals surface area contributed by atoms with E-state index in [1.807, 2.05) is 43.3 Å². The van der Waals surface area contributed by atoms with E-state index in [1.165, 1.54) is 12.3 Å². The molecule has 0 spiro atoms. The summed E-state index contributed by atoms with van der Waals surface area (Å²) in [6.45, 7) is 0. The lowest BCUT2D eigenvalue weighted by Gasteiger charge is -2.12. The van der Waals surface area contributed by atoms with Crippen LogP contribution in [0.3, 0.4) is 0 Å². The Morgan fingerprint density at radius 1 is 0.906 bits per heavy atom. The van der Waals surface area contributed by atoms with E-state index in [4.69, 9.17) is 0 Å². The first kappa shape index (κ1) is 22.3. The maximum atomic E-state index is 12.8. The number of anilines is 1. The van der Waals surface area contributed by atoms with Crippen molar-refractivity contribution >= 4 is 29.8 Å². The SMILES string of the molecule is CN(C)c1ccc(C=C(NC(=O)c2ccccc2)C(=O)NN=Cc2ccccc2O)cc1. The summed E-state index contributed by atoms with van der Waals surface area (Å²) in [5.41, 5.74) is 5.04. The number of amides is 2. The van der Waals surface area contributed by atoms with Crippen LogP contribution in [-0.4, -0.2) is 37.2 Å². The Morgan fingerprint density at radius 3 is 2.22 bits per heavy atom. The molecule has 3 rings (SSSR count). The van der Waals surface area contributed by atoms with E-state index in [-0.39, 0.29) is 11.4 Å². The maximum absolute atomic E-state index is 12.8. The third-order valence-corrected chi connectivity index (χ3v) is 4.56. The molecule has 7 heteroatoms. The van der Waals surface area contributed by atoms with Gasteiger partial charge in [0.2, 0.25) is 0 Å². The molecular formula is C25H24N4O3. The van der Waals surface area contributed by atoms with Gasteiger partial charge in [-0.25, -0.2) is 5.43 Å². The van der Waals surface area contributed by atoms with Gasteiger partial charge in [0.1, 0.15) is 11.4 Å². The molecule has 2 amide bonds. The molecule has 0 aliphatic heterocycles. The summed E-state index contributed by atoms with van der Waals surface area (Å²) in [7, 11) is 3.87.